The predicted octanol–water partition coefficient (Wildman–Crippen LogP) is 2.67. The van der Waals surface area contributed by atoms with Crippen LogP contribution in [-0.4, -0.2) is 43.1 Å². The van der Waals surface area contributed by atoms with Crippen molar-refractivity contribution in [1.82, 2.24) is 15.2 Å². The minimum atomic E-state index is 0.567. The Labute approximate surface area is 121 Å². The van der Waals surface area contributed by atoms with Crippen molar-refractivity contribution in [3.05, 3.63) is 15.6 Å². The van der Waals surface area contributed by atoms with Gasteiger partial charge in [-0.1, -0.05) is 13.8 Å². The van der Waals surface area contributed by atoms with Crippen LogP contribution >= 0.6 is 11.3 Å². The number of nitrogens with zero attached hydrogens (tertiary/aromatic N) is 2. The molecule has 0 spiro atoms. The lowest BCUT2D eigenvalue weighted by atomic mass is 9.91. The summed E-state index contributed by atoms with van der Waals surface area (Å²) in [4.78, 5) is 8.72. The number of nitrogens with one attached hydrogen (secondary N) is 1. The van der Waals surface area contributed by atoms with Crippen LogP contribution in [0.15, 0.2) is 0 Å². The lowest BCUT2D eigenvalue weighted by Gasteiger charge is -2.22. The summed E-state index contributed by atoms with van der Waals surface area (Å²) < 4.78 is 0. The molecule has 1 atom stereocenters. The molecule has 4 heteroatoms. The van der Waals surface area contributed by atoms with Gasteiger partial charge in [-0.15, -0.1) is 11.3 Å². The van der Waals surface area contributed by atoms with E-state index in [0.29, 0.717) is 12.0 Å². The largest absolute Gasteiger partial charge is 0.314 e. The van der Waals surface area contributed by atoms with Crippen LogP contribution in [0.1, 0.15) is 48.2 Å². The summed E-state index contributed by atoms with van der Waals surface area (Å²) in [6.45, 7) is 6.61. The van der Waals surface area contributed by atoms with E-state index < -0.39 is 0 Å². The molecule has 0 saturated carbocycles. The van der Waals surface area contributed by atoms with Gasteiger partial charge in [-0.2, -0.15) is 0 Å². The van der Waals surface area contributed by atoms with Gasteiger partial charge in [0.05, 0.1) is 10.7 Å². The minimum Gasteiger partial charge on any atom is -0.314 e. The van der Waals surface area contributed by atoms with Crippen molar-refractivity contribution < 1.29 is 0 Å². The van der Waals surface area contributed by atoms with Crippen LogP contribution in [0, 0.1) is 0 Å². The lowest BCUT2D eigenvalue weighted by Crippen LogP contribution is -2.29. The second-order valence-corrected chi connectivity index (χ2v) is 7.29. The van der Waals surface area contributed by atoms with Gasteiger partial charge in [0.25, 0.3) is 0 Å². The second-order valence-electron chi connectivity index (χ2n) is 6.12. The molecule has 1 aliphatic carbocycles. The average molecular weight is 281 g/mol. The Morgan fingerprint density at radius 1 is 1.42 bits per heavy atom. The quantitative estimate of drug-likeness (QED) is 0.869. The number of hydrogen-bond acceptors (Lipinski definition) is 4. The van der Waals surface area contributed by atoms with E-state index in [-0.39, 0.29) is 0 Å². The molecule has 1 aromatic rings. The Kier molecular flexibility index (Phi) is 5.37. The zero-order valence-electron chi connectivity index (χ0n) is 12.7. The van der Waals surface area contributed by atoms with E-state index in [2.05, 4.69) is 38.2 Å². The van der Waals surface area contributed by atoms with Crippen molar-refractivity contribution in [3.63, 3.8) is 0 Å². The molecule has 0 aliphatic heterocycles. The van der Waals surface area contributed by atoms with Crippen molar-refractivity contribution >= 4 is 11.3 Å². The van der Waals surface area contributed by atoms with Gasteiger partial charge in [0, 0.05) is 36.3 Å². The molecule has 2 rings (SSSR count). The number of aryl methyl sites for hydroxylation is 1. The topological polar surface area (TPSA) is 28.2 Å². The van der Waals surface area contributed by atoms with Crippen molar-refractivity contribution in [2.75, 3.05) is 27.2 Å². The maximum atomic E-state index is 4.93. The third-order valence-electron chi connectivity index (χ3n) is 3.66. The number of aromatic nitrogens is 1. The minimum absolute atomic E-state index is 0.567. The molecule has 19 heavy (non-hydrogen) atoms. The van der Waals surface area contributed by atoms with E-state index in [0.717, 1.165) is 19.5 Å². The molecular formula is C15H27N3S. The van der Waals surface area contributed by atoms with E-state index in [1.54, 1.807) is 4.88 Å². The fourth-order valence-corrected chi connectivity index (χ4v) is 3.75. The first kappa shape index (κ1) is 14.9. The highest BCUT2D eigenvalue weighted by Gasteiger charge is 2.24. The highest BCUT2D eigenvalue weighted by atomic mass is 32.1. The maximum Gasteiger partial charge on any atom is 0.0944 e. The van der Waals surface area contributed by atoms with E-state index in [9.17, 15) is 0 Å². The van der Waals surface area contributed by atoms with E-state index in [1.807, 2.05) is 11.3 Å². The smallest absolute Gasteiger partial charge is 0.0944 e. The summed E-state index contributed by atoms with van der Waals surface area (Å²) in [6.07, 6.45) is 4.96. The van der Waals surface area contributed by atoms with Gasteiger partial charge in [-0.25, -0.2) is 4.98 Å². The first-order chi connectivity index (χ1) is 9.06. The zero-order valence-corrected chi connectivity index (χ0v) is 13.5. The third-order valence-corrected chi connectivity index (χ3v) is 4.85. The molecule has 0 amide bonds. The Morgan fingerprint density at radius 3 is 2.89 bits per heavy atom. The molecule has 3 nitrogen and oxygen atoms in total. The Bertz CT molecular complexity index is 398. The van der Waals surface area contributed by atoms with Gasteiger partial charge in [-0.3, -0.25) is 0 Å². The van der Waals surface area contributed by atoms with Gasteiger partial charge in [0.2, 0.25) is 0 Å². The van der Waals surface area contributed by atoms with Crippen LogP contribution in [0.25, 0.3) is 0 Å². The molecule has 1 aromatic heterocycles. The number of likely N-dealkylation sites (N-methyl/N-ethyl adjacent to an activating group) is 1. The summed E-state index contributed by atoms with van der Waals surface area (Å²) in [6, 6.07) is 0.567. The summed E-state index contributed by atoms with van der Waals surface area (Å²) in [5.74, 6) is 0.635. The van der Waals surface area contributed by atoms with Gasteiger partial charge in [0.1, 0.15) is 0 Å². The van der Waals surface area contributed by atoms with Crippen LogP contribution in [0.5, 0.6) is 0 Å². The zero-order chi connectivity index (χ0) is 13.8. The standard InChI is InChI=1S/C15H27N3S/c1-11(2)16-10-12-6-5-7-13-15(12)17-14(19-13)8-9-18(3)4/h11-12,16H,5-10H2,1-4H3. The fourth-order valence-electron chi connectivity index (χ4n) is 2.56. The molecule has 108 valence electrons. The molecule has 1 heterocycles. The summed E-state index contributed by atoms with van der Waals surface area (Å²) in [5.41, 5.74) is 1.40. The fraction of sp³-hybridized carbons (Fsp3) is 0.800. The highest BCUT2D eigenvalue weighted by Crippen LogP contribution is 2.34. The SMILES string of the molecule is CC(C)NCC1CCCc2sc(CCN(C)C)nc21. The average Bonchev–Trinajstić information content (AvgIpc) is 2.77. The van der Waals surface area contributed by atoms with Crippen molar-refractivity contribution in [2.24, 2.45) is 0 Å². The van der Waals surface area contributed by atoms with Crippen molar-refractivity contribution in [2.45, 2.75) is 51.5 Å². The molecule has 0 aromatic carbocycles. The monoisotopic (exact) mass is 281 g/mol. The molecule has 0 fully saturated rings. The highest BCUT2D eigenvalue weighted by molar-refractivity contribution is 7.11. The third kappa shape index (κ3) is 4.26. The van der Waals surface area contributed by atoms with E-state index >= 15 is 0 Å². The first-order valence-corrected chi connectivity index (χ1v) is 8.24. The number of thiazole rings is 1. The maximum absolute atomic E-state index is 4.93. The second kappa shape index (κ2) is 6.82. The number of rotatable bonds is 6. The molecule has 0 radical (unpaired) electrons. The Hall–Kier alpha value is -0.450. The number of hydrogen-bond donors (Lipinski definition) is 1. The van der Waals surface area contributed by atoms with Crippen molar-refractivity contribution in [3.8, 4) is 0 Å². The lowest BCUT2D eigenvalue weighted by molar-refractivity contribution is 0.412. The van der Waals surface area contributed by atoms with Crippen LogP contribution < -0.4 is 5.32 Å². The molecular weight excluding hydrogens is 254 g/mol. The molecule has 0 bridgehead atoms. The molecule has 1 unspecified atom stereocenters. The number of fused-ring (bicyclic) bond motifs is 1. The van der Waals surface area contributed by atoms with E-state index in [4.69, 9.17) is 4.98 Å². The van der Waals surface area contributed by atoms with Crippen molar-refractivity contribution in [1.29, 1.82) is 0 Å². The summed E-state index contributed by atoms with van der Waals surface area (Å²) >= 11 is 1.95. The predicted molar refractivity (Wildman–Crippen MR) is 83.2 cm³/mol. The summed E-state index contributed by atoms with van der Waals surface area (Å²) in [7, 11) is 4.26. The van der Waals surface area contributed by atoms with Crippen LogP contribution in [0.3, 0.4) is 0 Å². The van der Waals surface area contributed by atoms with E-state index in [1.165, 1.54) is 30.0 Å². The van der Waals surface area contributed by atoms with Gasteiger partial charge in [0.15, 0.2) is 0 Å². The Balaban J connectivity index is 2.01. The van der Waals surface area contributed by atoms with Gasteiger partial charge >= 0.3 is 0 Å². The molecule has 1 N–H and O–H groups in total. The van der Waals surface area contributed by atoms with Gasteiger partial charge in [-0.05, 0) is 33.4 Å². The van der Waals surface area contributed by atoms with Gasteiger partial charge < -0.3 is 10.2 Å². The van der Waals surface area contributed by atoms with Crippen LogP contribution in [0.4, 0.5) is 0 Å². The first-order valence-electron chi connectivity index (χ1n) is 7.43. The van der Waals surface area contributed by atoms with Crippen LogP contribution in [-0.2, 0) is 12.8 Å². The van der Waals surface area contributed by atoms with Crippen LogP contribution in [0.2, 0.25) is 0 Å². The Morgan fingerprint density at radius 2 is 2.21 bits per heavy atom. The molecule has 0 saturated heterocycles. The normalized spacial score (nSPS) is 19.2. The summed E-state index contributed by atoms with van der Waals surface area (Å²) in [5, 5.41) is 4.90. The molecule has 1 aliphatic rings.